The topological polar surface area (TPSA) is 246 Å². The minimum atomic E-state index is -5.79. The van der Waals surface area contributed by atoms with Gasteiger partial charge in [-0.1, -0.05) is 5.92 Å². The van der Waals surface area contributed by atoms with E-state index in [2.05, 4.69) is 23.1 Å². The summed E-state index contributed by atoms with van der Waals surface area (Å²) in [5.41, 5.74) is 3.24. The highest BCUT2D eigenvalue weighted by Gasteiger charge is 2.44. The van der Waals surface area contributed by atoms with Crippen LogP contribution in [-0.2, 0) is 38.1 Å². The number of hydrogen-bond acceptors (Lipinski definition) is 11. The van der Waals surface area contributed by atoms with Crippen LogP contribution in [0.5, 0.6) is 0 Å². The molecule has 2 aromatic rings. The molecule has 34 heavy (non-hydrogen) atoms. The SMILES string of the molecule is C#CC(COP(=O)(O)OP(=O)(O)OP(=O)(O)O)(OC)[C@@H](O)Cn1cc(F)c2c(N)nc(Cl)nc21. The quantitative estimate of drug-likeness (QED) is 0.123. The molecule has 0 aromatic carbocycles. The lowest BCUT2D eigenvalue weighted by atomic mass is 9.98. The lowest BCUT2D eigenvalue weighted by Gasteiger charge is -2.32. The van der Waals surface area contributed by atoms with Gasteiger partial charge in [-0.2, -0.15) is 13.6 Å². The van der Waals surface area contributed by atoms with Crippen molar-refractivity contribution >= 4 is 51.9 Å². The van der Waals surface area contributed by atoms with Crippen molar-refractivity contribution in [3.63, 3.8) is 0 Å². The van der Waals surface area contributed by atoms with Gasteiger partial charge in [-0.05, 0) is 11.6 Å². The first kappa shape index (κ1) is 28.8. The van der Waals surface area contributed by atoms with Crippen molar-refractivity contribution in [3.8, 4) is 12.3 Å². The summed E-state index contributed by atoms with van der Waals surface area (Å²) in [6, 6.07) is 0. The Labute approximate surface area is 194 Å². The molecule has 0 spiro atoms. The zero-order valence-electron chi connectivity index (χ0n) is 16.8. The summed E-state index contributed by atoms with van der Waals surface area (Å²) in [4.78, 5) is 43.3. The number of halogens is 2. The number of methoxy groups -OCH3 is 1. The molecule has 0 fully saturated rings. The molecule has 2 rings (SSSR count). The number of terminal acetylenes is 1. The predicted molar refractivity (Wildman–Crippen MR) is 111 cm³/mol. The Morgan fingerprint density at radius 2 is 1.88 bits per heavy atom. The van der Waals surface area contributed by atoms with Crippen LogP contribution in [0.25, 0.3) is 11.0 Å². The van der Waals surface area contributed by atoms with E-state index in [4.69, 9.17) is 38.3 Å². The highest BCUT2D eigenvalue weighted by molar-refractivity contribution is 7.66. The third-order valence-electron chi connectivity index (χ3n) is 4.05. The Bertz CT molecular complexity index is 1260. The monoisotopic (exact) mass is 568 g/mol. The highest BCUT2D eigenvalue weighted by atomic mass is 35.5. The number of phosphoric acid groups is 3. The molecule has 21 heteroatoms. The number of nitrogens with two attached hydrogens (primary N) is 1. The average Bonchev–Trinajstić information content (AvgIpc) is 2.95. The molecule has 7 N–H and O–H groups in total. The molecule has 0 saturated heterocycles. The van der Waals surface area contributed by atoms with Crippen molar-refractivity contribution < 1.29 is 60.6 Å². The van der Waals surface area contributed by atoms with E-state index < -0.39 is 54.1 Å². The number of ether oxygens (including phenoxy) is 1. The van der Waals surface area contributed by atoms with Crippen LogP contribution < -0.4 is 5.73 Å². The van der Waals surface area contributed by atoms with Gasteiger partial charge in [0.1, 0.15) is 24.2 Å². The van der Waals surface area contributed by atoms with Gasteiger partial charge in [0.2, 0.25) is 5.28 Å². The molecule has 0 aliphatic heterocycles. The van der Waals surface area contributed by atoms with Gasteiger partial charge in [0.05, 0.1) is 11.9 Å². The van der Waals surface area contributed by atoms with E-state index in [0.29, 0.717) is 0 Å². The lowest BCUT2D eigenvalue weighted by Crippen LogP contribution is -2.48. The fraction of sp³-hybridized carbons (Fsp3) is 0.385. The minimum Gasteiger partial charge on any atom is -0.387 e. The molecule has 4 atom stereocenters. The number of fused-ring (bicyclic) bond motifs is 1. The summed E-state index contributed by atoms with van der Waals surface area (Å²) in [6.07, 6.45) is 4.43. The minimum absolute atomic E-state index is 0.135. The second-order valence-electron chi connectivity index (χ2n) is 6.32. The van der Waals surface area contributed by atoms with E-state index >= 15 is 0 Å². The number of phosphoric ester groups is 1. The highest BCUT2D eigenvalue weighted by Crippen LogP contribution is 2.66. The third kappa shape index (κ3) is 7.03. The Kier molecular flexibility index (Phi) is 8.68. The molecule has 0 aliphatic carbocycles. The molecule has 0 amide bonds. The fourth-order valence-corrected chi connectivity index (χ4v) is 5.80. The van der Waals surface area contributed by atoms with Crippen LogP contribution in [0.2, 0.25) is 5.28 Å². The molecule has 0 bridgehead atoms. The molecule has 2 aromatic heterocycles. The van der Waals surface area contributed by atoms with Gasteiger partial charge in [-0.3, -0.25) is 4.52 Å². The first-order valence-electron chi connectivity index (χ1n) is 8.41. The number of aliphatic hydroxyl groups is 1. The van der Waals surface area contributed by atoms with Crippen LogP contribution >= 0.6 is 35.1 Å². The summed E-state index contributed by atoms with van der Waals surface area (Å²) in [7, 11) is -16.0. The van der Waals surface area contributed by atoms with Crippen molar-refractivity contribution in [1.29, 1.82) is 0 Å². The van der Waals surface area contributed by atoms with Gasteiger partial charge in [-0.25, -0.2) is 23.1 Å². The van der Waals surface area contributed by atoms with Crippen LogP contribution in [0.4, 0.5) is 10.2 Å². The van der Waals surface area contributed by atoms with Crippen LogP contribution in [0.15, 0.2) is 6.20 Å². The number of hydrogen-bond donors (Lipinski definition) is 6. The second-order valence-corrected chi connectivity index (χ2v) is 11.1. The molecule has 0 saturated carbocycles. The lowest BCUT2D eigenvalue weighted by molar-refractivity contribution is -0.0928. The van der Waals surface area contributed by atoms with E-state index in [0.717, 1.165) is 17.9 Å². The van der Waals surface area contributed by atoms with Gasteiger partial charge in [0, 0.05) is 13.3 Å². The number of aliphatic hydroxyl groups excluding tert-OH is 1. The van der Waals surface area contributed by atoms with Crippen molar-refractivity contribution in [2.24, 2.45) is 0 Å². The van der Waals surface area contributed by atoms with Crippen LogP contribution in [-0.4, -0.2) is 64.6 Å². The first-order chi connectivity index (χ1) is 15.4. The zero-order chi connectivity index (χ0) is 26.1. The summed E-state index contributed by atoms with van der Waals surface area (Å²) < 4.78 is 66.0. The molecular formula is C13H17ClFN4O12P3. The maximum atomic E-state index is 14.3. The Hall–Kier alpha value is -1.47. The zero-order valence-corrected chi connectivity index (χ0v) is 20.2. The van der Waals surface area contributed by atoms with E-state index in [1.807, 2.05) is 5.92 Å². The number of nitrogens with zero attached hydrogens (tertiary/aromatic N) is 3. The van der Waals surface area contributed by atoms with Crippen molar-refractivity contribution in [2.45, 2.75) is 18.2 Å². The van der Waals surface area contributed by atoms with Crippen molar-refractivity contribution in [1.82, 2.24) is 14.5 Å². The summed E-state index contributed by atoms with van der Waals surface area (Å²) in [6.45, 7) is -1.74. The maximum absolute atomic E-state index is 14.3. The molecule has 0 radical (unpaired) electrons. The average molecular weight is 569 g/mol. The maximum Gasteiger partial charge on any atom is 0.490 e. The van der Waals surface area contributed by atoms with Gasteiger partial charge in [0.15, 0.2) is 11.4 Å². The summed E-state index contributed by atoms with van der Waals surface area (Å²) >= 11 is 5.73. The van der Waals surface area contributed by atoms with E-state index in [1.54, 1.807) is 0 Å². The smallest absolute Gasteiger partial charge is 0.387 e. The molecule has 16 nitrogen and oxygen atoms in total. The number of rotatable bonds is 11. The van der Waals surface area contributed by atoms with Crippen molar-refractivity contribution in [3.05, 3.63) is 17.3 Å². The molecule has 190 valence electrons. The fourth-order valence-electron chi connectivity index (χ4n) is 2.58. The van der Waals surface area contributed by atoms with Crippen molar-refractivity contribution in [2.75, 3.05) is 19.5 Å². The summed E-state index contributed by atoms with van der Waals surface area (Å²) in [5.74, 6) is 0.818. The first-order valence-corrected chi connectivity index (χ1v) is 13.3. The molecule has 3 unspecified atom stereocenters. The second kappa shape index (κ2) is 10.3. The van der Waals surface area contributed by atoms with Crippen LogP contribution in [0.3, 0.4) is 0 Å². The third-order valence-corrected chi connectivity index (χ3v) is 8.00. The van der Waals surface area contributed by atoms with Gasteiger partial charge >= 0.3 is 23.5 Å². The summed E-state index contributed by atoms with van der Waals surface area (Å²) in [5, 5.41) is 10.1. The number of aromatic nitrogens is 3. The van der Waals surface area contributed by atoms with Crippen LogP contribution in [0.1, 0.15) is 0 Å². The number of anilines is 1. The Balaban J connectivity index is 2.26. The largest absolute Gasteiger partial charge is 0.490 e. The Morgan fingerprint density at radius 3 is 2.41 bits per heavy atom. The Morgan fingerprint density at radius 1 is 1.26 bits per heavy atom. The normalized spacial score (nSPS) is 18.6. The number of nitrogen functional groups attached to an aromatic ring is 1. The van der Waals surface area contributed by atoms with Crippen LogP contribution in [0, 0.1) is 18.2 Å². The van der Waals surface area contributed by atoms with Gasteiger partial charge < -0.3 is 39.7 Å². The van der Waals surface area contributed by atoms with E-state index in [9.17, 15) is 33.0 Å². The molecular weight excluding hydrogens is 552 g/mol. The van der Waals surface area contributed by atoms with Gasteiger partial charge in [-0.15, -0.1) is 6.42 Å². The molecule has 0 aliphatic rings. The van der Waals surface area contributed by atoms with Gasteiger partial charge in [0.25, 0.3) is 0 Å². The van der Waals surface area contributed by atoms with E-state index in [-0.39, 0.29) is 22.1 Å². The van der Waals surface area contributed by atoms with E-state index in [1.165, 1.54) is 0 Å². The molecule has 2 heterocycles. The predicted octanol–water partition coefficient (Wildman–Crippen LogP) is 0.529. The standard InChI is InChI=1S/C13H17ClFN4O12P3/c1-3-13(28-2,6-29-33(24,25)31-34(26,27)30-32(21,22)23)8(20)5-19-4-7(15)9-10(16)17-12(14)18-11(9)19/h1,4,8,20H,5-6H2,2H3,(H,24,25)(H,26,27)(H2,16,17,18)(H2,21,22,23)/t8-,13?/m0/s1.